The van der Waals surface area contributed by atoms with Gasteiger partial charge in [-0.25, -0.2) is 0 Å². The molecule has 2 aliphatic carbocycles. The minimum absolute atomic E-state index is 0.162. The van der Waals surface area contributed by atoms with E-state index >= 15 is 0 Å². The van der Waals surface area contributed by atoms with Crippen LogP contribution in [0.3, 0.4) is 0 Å². The average Bonchev–Trinajstić information content (AvgIpc) is 2.44. The summed E-state index contributed by atoms with van der Waals surface area (Å²) in [5.41, 5.74) is 5.69. The molecule has 3 N–H and O–H groups in total. The Morgan fingerprint density at radius 1 is 1.40 bits per heavy atom. The number of rotatable bonds is 2. The van der Waals surface area contributed by atoms with Crippen molar-refractivity contribution in [2.24, 2.45) is 11.7 Å². The minimum Gasteiger partial charge on any atom is -0.391 e. The summed E-state index contributed by atoms with van der Waals surface area (Å²) in [6.45, 7) is 0. The topological polar surface area (TPSA) is 46.2 Å². The molecule has 1 unspecified atom stereocenters. The van der Waals surface area contributed by atoms with E-state index in [2.05, 4.69) is 0 Å². The molecule has 0 spiro atoms. The quantitative estimate of drug-likeness (QED) is 0.592. The van der Waals surface area contributed by atoms with Gasteiger partial charge in [-0.3, -0.25) is 0 Å². The zero-order chi connectivity index (χ0) is 7.19. The van der Waals surface area contributed by atoms with Gasteiger partial charge in [-0.2, -0.15) is 0 Å². The second-order valence-electron chi connectivity index (χ2n) is 3.87. The van der Waals surface area contributed by atoms with Crippen molar-refractivity contribution >= 4 is 0 Å². The fourth-order valence-electron chi connectivity index (χ4n) is 1.67. The van der Waals surface area contributed by atoms with E-state index in [4.69, 9.17) is 5.73 Å². The molecule has 0 aromatic carbocycles. The van der Waals surface area contributed by atoms with E-state index in [1.165, 1.54) is 19.3 Å². The summed E-state index contributed by atoms with van der Waals surface area (Å²) in [5.74, 6) is 0.535. The van der Waals surface area contributed by atoms with E-state index in [0.29, 0.717) is 5.92 Å². The summed E-state index contributed by atoms with van der Waals surface area (Å²) in [7, 11) is 0. The van der Waals surface area contributed by atoms with E-state index in [1.54, 1.807) is 0 Å². The predicted molar refractivity (Wildman–Crippen MR) is 39.5 cm³/mol. The van der Waals surface area contributed by atoms with E-state index in [0.717, 1.165) is 12.8 Å². The Balaban J connectivity index is 1.91. The molecule has 0 saturated heterocycles. The van der Waals surface area contributed by atoms with Gasteiger partial charge in [0.15, 0.2) is 0 Å². The Morgan fingerprint density at radius 3 is 2.30 bits per heavy atom. The van der Waals surface area contributed by atoms with E-state index in [-0.39, 0.29) is 11.6 Å². The second kappa shape index (κ2) is 1.95. The highest BCUT2D eigenvalue weighted by molar-refractivity contribution is 5.07. The molecule has 58 valence electrons. The Kier molecular flexibility index (Phi) is 1.29. The smallest absolute Gasteiger partial charge is 0.0747 e. The van der Waals surface area contributed by atoms with Crippen molar-refractivity contribution in [1.29, 1.82) is 0 Å². The molecule has 0 aliphatic heterocycles. The molecule has 0 heterocycles. The van der Waals surface area contributed by atoms with Crippen LogP contribution in [0.2, 0.25) is 0 Å². The molecule has 0 aromatic rings. The third-order valence-corrected chi connectivity index (χ3v) is 3.01. The molecule has 1 atom stereocenters. The van der Waals surface area contributed by atoms with Crippen LogP contribution in [0.15, 0.2) is 0 Å². The van der Waals surface area contributed by atoms with Crippen molar-refractivity contribution in [3.05, 3.63) is 0 Å². The van der Waals surface area contributed by atoms with Crippen LogP contribution in [-0.2, 0) is 0 Å². The molecule has 2 nitrogen and oxygen atoms in total. The SMILES string of the molecule is NC1(C(O)C2CCC2)CC1. The Bertz CT molecular complexity index is 138. The van der Waals surface area contributed by atoms with Crippen LogP contribution in [0.25, 0.3) is 0 Å². The lowest BCUT2D eigenvalue weighted by Crippen LogP contribution is -2.44. The standard InChI is InChI=1S/C8H15NO/c9-8(4-5-8)7(10)6-2-1-3-6/h6-7,10H,1-5,9H2. The highest BCUT2D eigenvalue weighted by atomic mass is 16.3. The maximum Gasteiger partial charge on any atom is 0.0747 e. The number of nitrogens with two attached hydrogens (primary N) is 1. The van der Waals surface area contributed by atoms with Gasteiger partial charge < -0.3 is 10.8 Å². The van der Waals surface area contributed by atoms with Gasteiger partial charge in [-0.05, 0) is 31.6 Å². The Hall–Kier alpha value is -0.0800. The van der Waals surface area contributed by atoms with Crippen molar-refractivity contribution in [3.63, 3.8) is 0 Å². The van der Waals surface area contributed by atoms with Crippen molar-refractivity contribution in [2.45, 2.75) is 43.7 Å². The van der Waals surface area contributed by atoms with Crippen molar-refractivity contribution in [1.82, 2.24) is 0 Å². The first-order valence-electron chi connectivity index (χ1n) is 4.19. The molecule has 2 aliphatic rings. The van der Waals surface area contributed by atoms with Gasteiger partial charge in [0, 0.05) is 5.54 Å². The van der Waals surface area contributed by atoms with Crippen LogP contribution in [0.1, 0.15) is 32.1 Å². The maximum absolute atomic E-state index is 9.64. The molecule has 10 heavy (non-hydrogen) atoms. The van der Waals surface area contributed by atoms with Gasteiger partial charge in [0.2, 0.25) is 0 Å². The largest absolute Gasteiger partial charge is 0.391 e. The first-order chi connectivity index (χ1) is 4.72. The average molecular weight is 141 g/mol. The first kappa shape index (κ1) is 6.62. The van der Waals surface area contributed by atoms with Gasteiger partial charge >= 0.3 is 0 Å². The summed E-state index contributed by atoms with van der Waals surface area (Å²) in [6.07, 6.45) is 5.55. The molecule has 0 aromatic heterocycles. The monoisotopic (exact) mass is 141 g/mol. The van der Waals surface area contributed by atoms with Crippen LogP contribution in [0, 0.1) is 5.92 Å². The summed E-state index contributed by atoms with van der Waals surface area (Å²) in [6, 6.07) is 0. The van der Waals surface area contributed by atoms with Crippen LogP contribution in [-0.4, -0.2) is 16.7 Å². The number of aliphatic hydroxyl groups is 1. The van der Waals surface area contributed by atoms with Crippen LogP contribution < -0.4 is 5.73 Å². The zero-order valence-corrected chi connectivity index (χ0v) is 6.21. The maximum atomic E-state index is 9.64. The van der Waals surface area contributed by atoms with E-state index in [9.17, 15) is 5.11 Å². The molecule has 2 fully saturated rings. The molecule has 2 rings (SSSR count). The normalized spacial score (nSPS) is 33.0. The third kappa shape index (κ3) is 0.867. The summed E-state index contributed by atoms with van der Waals surface area (Å²) in [5, 5.41) is 9.64. The summed E-state index contributed by atoms with van der Waals surface area (Å²) < 4.78 is 0. The Morgan fingerprint density at radius 2 is 2.00 bits per heavy atom. The summed E-state index contributed by atoms with van der Waals surface area (Å²) >= 11 is 0. The highest BCUT2D eigenvalue weighted by Gasteiger charge is 2.49. The molecule has 0 radical (unpaired) electrons. The molecule has 2 saturated carbocycles. The minimum atomic E-state index is -0.193. The molecule has 0 bridgehead atoms. The van der Waals surface area contributed by atoms with Crippen LogP contribution in [0.4, 0.5) is 0 Å². The van der Waals surface area contributed by atoms with Crippen molar-refractivity contribution in [2.75, 3.05) is 0 Å². The number of aliphatic hydroxyl groups excluding tert-OH is 1. The zero-order valence-electron chi connectivity index (χ0n) is 6.21. The van der Waals surface area contributed by atoms with Crippen molar-refractivity contribution < 1.29 is 5.11 Å². The lowest BCUT2D eigenvalue weighted by atomic mass is 9.78. The highest BCUT2D eigenvalue weighted by Crippen LogP contribution is 2.43. The lowest BCUT2D eigenvalue weighted by molar-refractivity contribution is 0.0338. The summed E-state index contributed by atoms with van der Waals surface area (Å²) in [4.78, 5) is 0. The van der Waals surface area contributed by atoms with Gasteiger partial charge in [0.25, 0.3) is 0 Å². The number of hydrogen-bond donors (Lipinski definition) is 2. The third-order valence-electron chi connectivity index (χ3n) is 3.01. The number of hydrogen-bond acceptors (Lipinski definition) is 2. The van der Waals surface area contributed by atoms with Gasteiger partial charge in [0.05, 0.1) is 6.10 Å². The second-order valence-corrected chi connectivity index (χ2v) is 3.87. The van der Waals surface area contributed by atoms with Crippen molar-refractivity contribution in [3.8, 4) is 0 Å². The molecular weight excluding hydrogens is 126 g/mol. The van der Waals surface area contributed by atoms with Crippen LogP contribution >= 0.6 is 0 Å². The fraction of sp³-hybridized carbons (Fsp3) is 1.00. The molecule has 0 amide bonds. The van der Waals surface area contributed by atoms with E-state index < -0.39 is 0 Å². The lowest BCUT2D eigenvalue weighted by Gasteiger charge is -2.33. The van der Waals surface area contributed by atoms with Gasteiger partial charge in [-0.15, -0.1) is 0 Å². The van der Waals surface area contributed by atoms with Gasteiger partial charge in [-0.1, -0.05) is 6.42 Å². The first-order valence-corrected chi connectivity index (χ1v) is 4.19. The molecule has 2 heteroatoms. The van der Waals surface area contributed by atoms with Crippen LogP contribution in [0.5, 0.6) is 0 Å². The fourth-order valence-corrected chi connectivity index (χ4v) is 1.67. The van der Waals surface area contributed by atoms with E-state index in [1.807, 2.05) is 0 Å². The molecular formula is C8H15NO. The van der Waals surface area contributed by atoms with Gasteiger partial charge in [0.1, 0.15) is 0 Å². The Labute approximate surface area is 61.4 Å². The predicted octanol–water partition coefficient (Wildman–Crippen LogP) is 0.639.